The minimum atomic E-state index is 0. The Hall–Kier alpha value is -1.95. The summed E-state index contributed by atoms with van der Waals surface area (Å²) in [6.45, 7) is 5.15. The molecule has 3 aliphatic rings. The molecule has 4 N–H and O–H groups in total. The standard InChI is InChI=1S/C19H22N4.ClH.H2O/c1-12-11-21-19-17(12)22-13(2)23-18(19)15-8-9-20-16(10-15)14-6-4-3-5-7-14;;/h3-7,11,15-16,20H,8-10H2,1-2H3,(H,22,23);1H;1H2. The van der Waals surface area contributed by atoms with Gasteiger partial charge < -0.3 is 15.8 Å². The molecule has 3 heterocycles. The average Bonchev–Trinajstić information content (AvgIpc) is 2.96. The number of piperidine rings is 1. The Morgan fingerprint density at radius 3 is 2.64 bits per heavy atom. The molecule has 2 unspecified atom stereocenters. The lowest BCUT2D eigenvalue weighted by atomic mass is 9.85. The van der Waals surface area contributed by atoms with Gasteiger partial charge in [0.25, 0.3) is 0 Å². The average molecular weight is 361 g/mol. The van der Waals surface area contributed by atoms with Crippen LogP contribution in [0, 0.1) is 13.8 Å². The van der Waals surface area contributed by atoms with Crippen molar-refractivity contribution in [2.45, 2.75) is 38.6 Å². The van der Waals surface area contributed by atoms with Gasteiger partial charge in [0.05, 0.1) is 11.4 Å². The lowest BCUT2D eigenvalue weighted by Crippen LogP contribution is -2.31. The number of aromatic nitrogens is 3. The third-order valence-corrected chi connectivity index (χ3v) is 4.85. The van der Waals surface area contributed by atoms with Crippen LogP contribution in [0.4, 0.5) is 0 Å². The number of nitrogens with one attached hydrogen (secondary N) is 2. The number of aromatic amines is 1. The molecular weight excluding hydrogens is 336 g/mol. The monoisotopic (exact) mass is 360 g/mol. The predicted molar refractivity (Wildman–Crippen MR) is 103 cm³/mol. The minimum Gasteiger partial charge on any atom is -0.412 e. The van der Waals surface area contributed by atoms with Crippen LogP contribution in [0.25, 0.3) is 11.4 Å². The van der Waals surface area contributed by atoms with Crippen molar-refractivity contribution in [2.75, 3.05) is 6.54 Å². The summed E-state index contributed by atoms with van der Waals surface area (Å²) in [6.07, 6.45) is 4.13. The number of hydrogen-bond donors (Lipinski definition) is 2. The molecule has 0 amide bonds. The van der Waals surface area contributed by atoms with E-state index in [1.165, 1.54) is 11.1 Å². The molecule has 0 aromatic heterocycles. The van der Waals surface area contributed by atoms with E-state index in [9.17, 15) is 0 Å². The SMILES string of the molecule is Cc1nc(C2CCNC(c3ccccc3)C2)c2ncc(C)c-2[nH]1.Cl.O. The van der Waals surface area contributed by atoms with Crippen molar-refractivity contribution in [3.63, 3.8) is 0 Å². The molecule has 1 saturated heterocycles. The Kier molecular flexibility index (Phi) is 6.16. The number of halogens is 1. The van der Waals surface area contributed by atoms with Crippen LogP contribution in [-0.4, -0.2) is 27.0 Å². The van der Waals surface area contributed by atoms with Crippen molar-refractivity contribution in [3.8, 4) is 11.4 Å². The van der Waals surface area contributed by atoms with Gasteiger partial charge in [-0.15, -0.1) is 12.4 Å². The summed E-state index contributed by atoms with van der Waals surface area (Å²) >= 11 is 0. The van der Waals surface area contributed by atoms with E-state index in [2.05, 4.69) is 52.5 Å². The molecule has 1 aromatic rings. The van der Waals surface area contributed by atoms with Gasteiger partial charge in [0, 0.05) is 18.2 Å². The number of rotatable bonds is 2. The highest BCUT2D eigenvalue weighted by Crippen LogP contribution is 2.38. The van der Waals surface area contributed by atoms with Crippen LogP contribution in [0.5, 0.6) is 0 Å². The number of hydrogen-bond acceptors (Lipinski definition) is 3. The summed E-state index contributed by atoms with van der Waals surface area (Å²) in [5, 5.41) is 3.65. The zero-order valence-electron chi connectivity index (χ0n) is 14.5. The lowest BCUT2D eigenvalue weighted by Gasteiger charge is -2.31. The van der Waals surface area contributed by atoms with E-state index in [0.29, 0.717) is 12.0 Å². The van der Waals surface area contributed by atoms with Crippen LogP contribution in [0.15, 0.2) is 36.5 Å². The molecule has 4 rings (SSSR count). The Labute approximate surface area is 154 Å². The van der Waals surface area contributed by atoms with Crippen molar-refractivity contribution in [1.82, 2.24) is 20.3 Å². The van der Waals surface area contributed by atoms with E-state index in [-0.39, 0.29) is 17.9 Å². The van der Waals surface area contributed by atoms with Crippen LogP contribution in [0.1, 0.15) is 47.4 Å². The normalized spacial score (nSPS) is 19.9. The molecule has 0 saturated carbocycles. The minimum absolute atomic E-state index is 0. The molecule has 1 aromatic carbocycles. The Morgan fingerprint density at radius 2 is 1.88 bits per heavy atom. The first kappa shape index (κ1) is 19.4. The van der Waals surface area contributed by atoms with E-state index in [1.54, 1.807) is 0 Å². The van der Waals surface area contributed by atoms with Crippen LogP contribution in [0.3, 0.4) is 0 Å². The molecule has 3 aliphatic heterocycles. The highest BCUT2D eigenvalue weighted by Gasteiger charge is 2.29. The fourth-order valence-corrected chi connectivity index (χ4v) is 3.66. The van der Waals surface area contributed by atoms with Gasteiger partial charge in [-0.25, -0.2) is 4.98 Å². The Morgan fingerprint density at radius 1 is 1.12 bits per heavy atom. The third kappa shape index (κ3) is 3.68. The maximum absolute atomic E-state index is 4.82. The van der Waals surface area contributed by atoms with Crippen LogP contribution >= 0.6 is 12.4 Å². The second kappa shape index (κ2) is 7.95. The number of H-pyrrole nitrogens is 1. The summed E-state index contributed by atoms with van der Waals surface area (Å²) in [5.41, 5.74) is 5.90. The molecule has 5 nitrogen and oxygen atoms in total. The first-order chi connectivity index (χ1) is 11.2. The Balaban J connectivity index is 0.00000113. The summed E-state index contributed by atoms with van der Waals surface area (Å²) in [7, 11) is 0. The van der Waals surface area contributed by atoms with Crippen molar-refractivity contribution in [2.24, 2.45) is 0 Å². The topological polar surface area (TPSA) is 85.1 Å². The van der Waals surface area contributed by atoms with Gasteiger partial charge in [0.2, 0.25) is 0 Å². The fourth-order valence-electron chi connectivity index (χ4n) is 3.66. The number of benzene rings is 1. The van der Waals surface area contributed by atoms with E-state index < -0.39 is 0 Å². The summed E-state index contributed by atoms with van der Waals surface area (Å²) in [5.74, 6) is 1.42. The molecular formula is C19H25ClN4O. The highest BCUT2D eigenvalue weighted by molar-refractivity contribution is 5.85. The summed E-state index contributed by atoms with van der Waals surface area (Å²) < 4.78 is 0. The molecule has 1 fully saturated rings. The van der Waals surface area contributed by atoms with Crippen molar-refractivity contribution in [3.05, 3.63) is 59.2 Å². The van der Waals surface area contributed by atoms with Gasteiger partial charge in [-0.05, 0) is 44.4 Å². The second-order valence-corrected chi connectivity index (χ2v) is 6.51. The maximum Gasteiger partial charge on any atom is 0.109 e. The maximum atomic E-state index is 4.82. The van der Waals surface area contributed by atoms with Crippen molar-refractivity contribution >= 4 is 12.4 Å². The Bertz CT molecular complexity index is 790. The van der Waals surface area contributed by atoms with Crippen molar-refractivity contribution in [1.29, 1.82) is 0 Å². The van der Waals surface area contributed by atoms with Gasteiger partial charge in [0.1, 0.15) is 11.5 Å². The zero-order valence-corrected chi connectivity index (χ0v) is 15.4. The van der Waals surface area contributed by atoms with E-state index in [4.69, 9.17) is 4.98 Å². The van der Waals surface area contributed by atoms with E-state index in [0.717, 1.165) is 42.3 Å². The molecule has 6 heteroatoms. The summed E-state index contributed by atoms with van der Waals surface area (Å²) in [4.78, 5) is 12.8. The largest absolute Gasteiger partial charge is 0.412 e. The highest BCUT2D eigenvalue weighted by atomic mass is 35.5. The van der Waals surface area contributed by atoms with Crippen LogP contribution < -0.4 is 5.32 Å². The van der Waals surface area contributed by atoms with Gasteiger partial charge in [-0.3, -0.25) is 4.98 Å². The molecule has 134 valence electrons. The lowest BCUT2D eigenvalue weighted by molar-refractivity contribution is 0.365. The molecule has 2 atom stereocenters. The van der Waals surface area contributed by atoms with Gasteiger partial charge in [-0.1, -0.05) is 30.3 Å². The van der Waals surface area contributed by atoms with Crippen LogP contribution in [0.2, 0.25) is 0 Å². The first-order valence-corrected chi connectivity index (χ1v) is 8.32. The fraction of sp³-hybridized carbons (Fsp3) is 0.368. The van der Waals surface area contributed by atoms with Crippen LogP contribution in [-0.2, 0) is 0 Å². The molecule has 25 heavy (non-hydrogen) atoms. The van der Waals surface area contributed by atoms with E-state index in [1.807, 2.05) is 13.1 Å². The van der Waals surface area contributed by atoms with E-state index >= 15 is 0 Å². The second-order valence-electron chi connectivity index (χ2n) is 6.51. The quantitative estimate of drug-likeness (QED) is 0.735. The zero-order chi connectivity index (χ0) is 15.8. The number of aryl methyl sites for hydroxylation is 2. The molecule has 0 spiro atoms. The van der Waals surface area contributed by atoms with Crippen molar-refractivity contribution < 1.29 is 5.48 Å². The van der Waals surface area contributed by atoms with Gasteiger partial charge >= 0.3 is 0 Å². The molecule has 0 radical (unpaired) electrons. The molecule has 0 aliphatic carbocycles. The van der Waals surface area contributed by atoms with Gasteiger partial charge in [-0.2, -0.15) is 0 Å². The molecule has 0 bridgehead atoms. The number of fused-ring (bicyclic) bond motifs is 1. The summed E-state index contributed by atoms with van der Waals surface area (Å²) in [6, 6.07) is 11.1. The predicted octanol–water partition coefficient (Wildman–Crippen LogP) is 3.33. The number of nitrogens with zero attached hydrogens (tertiary/aromatic N) is 2. The first-order valence-electron chi connectivity index (χ1n) is 8.32. The third-order valence-electron chi connectivity index (χ3n) is 4.85. The smallest absolute Gasteiger partial charge is 0.109 e. The van der Waals surface area contributed by atoms with Gasteiger partial charge in [0.15, 0.2) is 0 Å².